The molecule has 0 spiro atoms. The molecule has 1 aliphatic rings. The van der Waals surface area contributed by atoms with Crippen molar-refractivity contribution in [2.75, 3.05) is 13.1 Å². The number of piperidine rings is 1. The van der Waals surface area contributed by atoms with Gasteiger partial charge >= 0.3 is 6.18 Å². The maximum absolute atomic E-state index is 12.8. The van der Waals surface area contributed by atoms with Crippen molar-refractivity contribution in [3.8, 4) is 0 Å². The summed E-state index contributed by atoms with van der Waals surface area (Å²) in [6, 6.07) is 5.61. The van der Waals surface area contributed by atoms with E-state index >= 15 is 0 Å². The van der Waals surface area contributed by atoms with Crippen molar-refractivity contribution >= 4 is 5.78 Å². The van der Waals surface area contributed by atoms with E-state index in [1.54, 1.807) is 6.07 Å². The van der Waals surface area contributed by atoms with Crippen LogP contribution in [0.1, 0.15) is 24.0 Å². The van der Waals surface area contributed by atoms with Gasteiger partial charge in [-0.3, -0.25) is 9.69 Å². The van der Waals surface area contributed by atoms with Gasteiger partial charge in [0, 0.05) is 32.5 Å². The largest absolute Gasteiger partial charge is 0.416 e. The van der Waals surface area contributed by atoms with Gasteiger partial charge in [0.25, 0.3) is 0 Å². The molecule has 98 valence electrons. The highest BCUT2D eigenvalue weighted by molar-refractivity contribution is 5.79. The number of rotatable bonds is 2. The molecule has 0 N–H and O–H groups in total. The number of Topliss-reactive ketones (excluding diaryl/α,β-unsaturated/α-hetero) is 1. The van der Waals surface area contributed by atoms with Crippen LogP contribution in [-0.4, -0.2) is 23.8 Å². The molecule has 0 bridgehead atoms. The van der Waals surface area contributed by atoms with Gasteiger partial charge < -0.3 is 0 Å². The third kappa shape index (κ3) is 3.10. The van der Waals surface area contributed by atoms with Crippen LogP contribution in [-0.2, 0) is 17.5 Å². The number of carbonyl (C=O) groups excluding carboxylic acids is 1. The second kappa shape index (κ2) is 5.10. The molecule has 0 atom stereocenters. The minimum atomic E-state index is -4.32. The summed E-state index contributed by atoms with van der Waals surface area (Å²) in [4.78, 5) is 13.0. The number of nitrogens with zero attached hydrogens (tertiary/aromatic N) is 1. The van der Waals surface area contributed by atoms with Crippen molar-refractivity contribution in [2.45, 2.75) is 25.6 Å². The summed E-state index contributed by atoms with van der Waals surface area (Å²) in [6.45, 7) is 1.35. The van der Waals surface area contributed by atoms with Gasteiger partial charge in [-0.2, -0.15) is 13.2 Å². The van der Waals surface area contributed by atoms with Crippen molar-refractivity contribution in [1.29, 1.82) is 0 Å². The molecule has 0 amide bonds. The van der Waals surface area contributed by atoms with Crippen LogP contribution in [0.2, 0.25) is 0 Å². The lowest BCUT2D eigenvalue weighted by Gasteiger charge is -2.26. The average Bonchev–Trinajstić information content (AvgIpc) is 2.31. The van der Waals surface area contributed by atoms with Crippen LogP contribution in [0, 0.1) is 0 Å². The number of hydrogen-bond acceptors (Lipinski definition) is 2. The van der Waals surface area contributed by atoms with Gasteiger partial charge in [0.2, 0.25) is 0 Å². The minimum absolute atomic E-state index is 0.190. The number of likely N-dealkylation sites (tertiary alicyclic amines) is 1. The molecule has 1 heterocycles. The number of benzene rings is 1. The molecule has 5 heteroatoms. The first-order valence-electron chi connectivity index (χ1n) is 5.86. The fraction of sp³-hybridized carbons (Fsp3) is 0.462. The van der Waals surface area contributed by atoms with Gasteiger partial charge in [0.05, 0.1) is 5.56 Å². The lowest BCUT2D eigenvalue weighted by molar-refractivity contribution is -0.138. The normalized spacial score (nSPS) is 18.1. The minimum Gasteiger partial charge on any atom is -0.300 e. The molecule has 0 saturated carbocycles. The summed E-state index contributed by atoms with van der Waals surface area (Å²) in [5, 5.41) is 0. The van der Waals surface area contributed by atoms with Gasteiger partial charge in [0.15, 0.2) is 0 Å². The zero-order valence-electron chi connectivity index (χ0n) is 9.83. The van der Waals surface area contributed by atoms with E-state index in [4.69, 9.17) is 0 Å². The monoisotopic (exact) mass is 257 g/mol. The predicted molar refractivity (Wildman–Crippen MR) is 61.0 cm³/mol. The maximum atomic E-state index is 12.8. The second-order valence-electron chi connectivity index (χ2n) is 4.47. The molecule has 1 aromatic rings. The maximum Gasteiger partial charge on any atom is 0.416 e. The number of carbonyl (C=O) groups is 1. The van der Waals surface area contributed by atoms with Crippen LogP contribution in [0.5, 0.6) is 0 Å². The van der Waals surface area contributed by atoms with E-state index in [-0.39, 0.29) is 17.9 Å². The van der Waals surface area contributed by atoms with E-state index < -0.39 is 11.7 Å². The van der Waals surface area contributed by atoms with E-state index in [1.807, 2.05) is 4.90 Å². The zero-order chi connectivity index (χ0) is 13.2. The lowest BCUT2D eigenvalue weighted by atomic mass is 10.0. The second-order valence-corrected chi connectivity index (χ2v) is 4.47. The molecule has 0 radical (unpaired) electrons. The Morgan fingerprint density at radius 3 is 2.33 bits per heavy atom. The molecular formula is C13H14F3NO. The molecule has 1 aliphatic heterocycles. The molecule has 18 heavy (non-hydrogen) atoms. The Hall–Kier alpha value is -1.36. The molecule has 2 rings (SSSR count). The van der Waals surface area contributed by atoms with Gasteiger partial charge in [0.1, 0.15) is 5.78 Å². The molecule has 1 aromatic carbocycles. The number of ketones is 1. The standard InChI is InChI=1S/C13H14F3NO/c14-13(15,16)12-4-2-1-3-10(12)9-17-7-5-11(18)6-8-17/h1-4H,5-9H2. The van der Waals surface area contributed by atoms with Crippen LogP contribution in [0.15, 0.2) is 24.3 Å². The number of alkyl halides is 3. The Morgan fingerprint density at radius 2 is 1.72 bits per heavy atom. The zero-order valence-corrected chi connectivity index (χ0v) is 9.83. The summed E-state index contributed by atoms with van der Waals surface area (Å²) in [6.07, 6.45) is -3.44. The molecule has 0 unspecified atom stereocenters. The fourth-order valence-corrected chi connectivity index (χ4v) is 2.14. The third-order valence-electron chi connectivity index (χ3n) is 3.13. The van der Waals surface area contributed by atoms with Gasteiger partial charge in [-0.05, 0) is 11.6 Å². The smallest absolute Gasteiger partial charge is 0.300 e. The Balaban J connectivity index is 2.12. The molecule has 1 saturated heterocycles. The molecule has 1 fully saturated rings. The molecule has 0 aliphatic carbocycles. The average molecular weight is 257 g/mol. The van der Waals surface area contributed by atoms with Crippen LogP contribution in [0.25, 0.3) is 0 Å². The van der Waals surface area contributed by atoms with Crippen LogP contribution < -0.4 is 0 Å². The Kier molecular flexibility index (Phi) is 3.71. The highest BCUT2D eigenvalue weighted by atomic mass is 19.4. The van der Waals surface area contributed by atoms with E-state index in [0.717, 1.165) is 6.07 Å². The number of halogens is 3. The van der Waals surface area contributed by atoms with E-state index in [9.17, 15) is 18.0 Å². The molecular weight excluding hydrogens is 243 g/mol. The summed E-state index contributed by atoms with van der Waals surface area (Å²) in [5.41, 5.74) is -0.304. The first-order valence-corrected chi connectivity index (χ1v) is 5.86. The van der Waals surface area contributed by atoms with Crippen molar-refractivity contribution < 1.29 is 18.0 Å². The van der Waals surface area contributed by atoms with Gasteiger partial charge in [-0.25, -0.2) is 0 Å². The topological polar surface area (TPSA) is 20.3 Å². The van der Waals surface area contributed by atoms with Crippen molar-refractivity contribution in [3.63, 3.8) is 0 Å². The molecule has 2 nitrogen and oxygen atoms in total. The highest BCUT2D eigenvalue weighted by Gasteiger charge is 2.33. The fourth-order valence-electron chi connectivity index (χ4n) is 2.14. The molecule has 0 aromatic heterocycles. The SMILES string of the molecule is O=C1CCN(Cc2ccccc2C(F)(F)F)CC1. The van der Waals surface area contributed by atoms with Crippen LogP contribution >= 0.6 is 0 Å². The third-order valence-corrected chi connectivity index (χ3v) is 3.13. The predicted octanol–water partition coefficient (Wildman–Crippen LogP) is 2.87. The Labute approximate surface area is 103 Å². The van der Waals surface area contributed by atoms with Gasteiger partial charge in [-0.15, -0.1) is 0 Å². The Morgan fingerprint density at radius 1 is 1.11 bits per heavy atom. The van der Waals surface area contributed by atoms with Crippen molar-refractivity contribution in [3.05, 3.63) is 35.4 Å². The summed E-state index contributed by atoms with van der Waals surface area (Å²) < 4.78 is 38.4. The summed E-state index contributed by atoms with van der Waals surface area (Å²) in [5.74, 6) is 0.190. The Bertz CT molecular complexity index is 432. The first kappa shape index (κ1) is 13.1. The summed E-state index contributed by atoms with van der Waals surface area (Å²) in [7, 11) is 0. The van der Waals surface area contributed by atoms with Crippen LogP contribution in [0.3, 0.4) is 0 Å². The quantitative estimate of drug-likeness (QED) is 0.812. The van der Waals surface area contributed by atoms with Crippen molar-refractivity contribution in [1.82, 2.24) is 4.90 Å². The van der Waals surface area contributed by atoms with E-state index in [0.29, 0.717) is 25.9 Å². The lowest BCUT2D eigenvalue weighted by Crippen LogP contribution is -2.33. The first-order chi connectivity index (χ1) is 8.47. The number of hydrogen-bond donors (Lipinski definition) is 0. The van der Waals surface area contributed by atoms with Crippen molar-refractivity contribution in [2.24, 2.45) is 0 Å². The highest BCUT2D eigenvalue weighted by Crippen LogP contribution is 2.32. The van der Waals surface area contributed by atoms with E-state index in [1.165, 1.54) is 12.1 Å². The van der Waals surface area contributed by atoms with E-state index in [2.05, 4.69) is 0 Å². The van der Waals surface area contributed by atoms with Gasteiger partial charge in [-0.1, -0.05) is 18.2 Å². The van der Waals surface area contributed by atoms with Crippen LogP contribution in [0.4, 0.5) is 13.2 Å². The summed E-state index contributed by atoms with van der Waals surface area (Å²) >= 11 is 0.